The van der Waals surface area contributed by atoms with Gasteiger partial charge in [0, 0.05) is 42.9 Å². The van der Waals surface area contributed by atoms with E-state index in [1.807, 2.05) is 0 Å². The number of carbonyl (C=O) groups is 2. The number of nitrogens with one attached hydrogen (secondary N) is 4. The van der Waals surface area contributed by atoms with Gasteiger partial charge in [-0.1, -0.05) is 23.2 Å². The van der Waals surface area contributed by atoms with Crippen molar-refractivity contribution in [2.45, 2.75) is 31.7 Å². The maximum absolute atomic E-state index is 12.5. The molecule has 0 radical (unpaired) electrons. The largest absolute Gasteiger partial charge is 0.493 e. The first-order valence-electron chi connectivity index (χ1n) is 12.2. The topological polar surface area (TPSA) is 171 Å². The summed E-state index contributed by atoms with van der Waals surface area (Å²) in [4.78, 5) is 49.9. The van der Waals surface area contributed by atoms with Crippen LogP contribution in [0.5, 0.6) is 11.5 Å². The van der Waals surface area contributed by atoms with E-state index in [1.54, 1.807) is 18.3 Å². The quantitative estimate of drug-likeness (QED) is 0.144. The van der Waals surface area contributed by atoms with Crippen LogP contribution in [0.1, 0.15) is 25.0 Å². The van der Waals surface area contributed by atoms with Crippen LogP contribution in [0, 0.1) is 0 Å². The van der Waals surface area contributed by atoms with Gasteiger partial charge in [0.25, 0.3) is 5.56 Å². The molecular formula is C26H26Cl2N6O6. The van der Waals surface area contributed by atoms with Gasteiger partial charge in [0.2, 0.25) is 5.91 Å². The van der Waals surface area contributed by atoms with E-state index in [0.717, 1.165) is 0 Å². The summed E-state index contributed by atoms with van der Waals surface area (Å²) in [6.45, 7) is 0.208. The van der Waals surface area contributed by atoms with Crippen LogP contribution >= 0.6 is 23.2 Å². The lowest BCUT2D eigenvalue weighted by atomic mass is 10.1. The molecule has 0 saturated heterocycles. The lowest BCUT2D eigenvalue weighted by molar-refractivity contribution is -0.141. The number of hydrogen-bond acceptors (Lipinski definition) is 8. The van der Waals surface area contributed by atoms with Gasteiger partial charge in [0.05, 0.1) is 52.7 Å². The van der Waals surface area contributed by atoms with Crippen LogP contribution in [0.15, 0.2) is 47.9 Å². The summed E-state index contributed by atoms with van der Waals surface area (Å²) in [7, 11) is 1.48. The van der Waals surface area contributed by atoms with Crippen molar-refractivity contribution in [2.24, 2.45) is 0 Å². The molecule has 0 aliphatic carbocycles. The second kappa shape index (κ2) is 13.2. The zero-order chi connectivity index (χ0) is 28.6. The Bertz CT molecular complexity index is 1540. The number of carboxylic acids is 1. The summed E-state index contributed by atoms with van der Waals surface area (Å²) >= 11 is 12.5. The van der Waals surface area contributed by atoms with Crippen LogP contribution in [0.4, 0.5) is 11.4 Å². The first-order chi connectivity index (χ1) is 19.3. The van der Waals surface area contributed by atoms with Gasteiger partial charge >= 0.3 is 5.97 Å². The van der Waals surface area contributed by atoms with Gasteiger partial charge in [-0.05, 0) is 25.0 Å². The van der Waals surface area contributed by atoms with Crippen LogP contribution < -0.4 is 25.7 Å². The lowest BCUT2D eigenvalue weighted by Crippen LogP contribution is -2.42. The smallest absolute Gasteiger partial charge is 0.326 e. The fraction of sp³-hybridized carbons (Fsp3) is 0.269. The zero-order valence-electron chi connectivity index (χ0n) is 21.3. The number of carbonyl (C=O) groups excluding carboxylic acids is 1. The number of ether oxygens (including phenoxy) is 2. The number of aromatic nitrogens is 4. The Morgan fingerprint density at radius 3 is 2.62 bits per heavy atom. The Balaban J connectivity index is 1.41. The third kappa shape index (κ3) is 7.01. The number of aromatic amines is 2. The molecule has 14 heteroatoms. The molecular weight excluding hydrogens is 563 g/mol. The summed E-state index contributed by atoms with van der Waals surface area (Å²) in [6.07, 6.45) is 7.00. The number of H-pyrrole nitrogens is 2. The number of fused-ring (bicyclic) bond motifs is 1. The number of pyridine rings is 2. The van der Waals surface area contributed by atoms with E-state index in [4.69, 9.17) is 32.7 Å². The molecule has 12 nitrogen and oxygen atoms in total. The predicted octanol–water partition coefficient (Wildman–Crippen LogP) is 4.07. The van der Waals surface area contributed by atoms with Gasteiger partial charge < -0.3 is 35.2 Å². The van der Waals surface area contributed by atoms with Gasteiger partial charge in [0.1, 0.15) is 6.04 Å². The maximum atomic E-state index is 12.5. The second-order valence-corrected chi connectivity index (χ2v) is 9.51. The molecule has 0 fully saturated rings. The van der Waals surface area contributed by atoms with Crippen LogP contribution in [-0.2, 0) is 16.0 Å². The second-order valence-electron chi connectivity index (χ2n) is 8.70. The fourth-order valence-electron chi connectivity index (χ4n) is 3.99. The first-order valence-corrected chi connectivity index (χ1v) is 12.9. The normalized spacial score (nSPS) is 11.7. The number of imidazole rings is 1. The van der Waals surface area contributed by atoms with E-state index in [9.17, 15) is 19.5 Å². The van der Waals surface area contributed by atoms with Crippen molar-refractivity contribution in [3.63, 3.8) is 0 Å². The molecule has 0 aliphatic heterocycles. The summed E-state index contributed by atoms with van der Waals surface area (Å²) in [5, 5.41) is 16.2. The van der Waals surface area contributed by atoms with Crippen molar-refractivity contribution in [3.8, 4) is 11.5 Å². The molecule has 0 saturated carbocycles. The van der Waals surface area contributed by atoms with E-state index in [2.05, 4.69) is 30.6 Å². The number of amides is 1. The van der Waals surface area contributed by atoms with E-state index in [-0.39, 0.29) is 35.4 Å². The average Bonchev–Trinajstić information content (AvgIpc) is 3.43. The standard InChI is InChI=1S/C26H26Cl2N6O6/c1-39-20-6-5-15-18(33-24-16(27)11-29-12-17(24)28)9-22(36)34-23(15)25(20)40-7-3-2-4-21(35)32-19(26(37)38)8-14-10-30-13-31-14/h5-6,9-13,19H,2-4,7-8H2,1H3,(H,30,31)(H,32,35)(H,37,38)(H2,29,33,34,36)/t19-/m0/s1. The molecule has 210 valence electrons. The molecule has 1 amide bonds. The number of methoxy groups -OCH3 is 1. The van der Waals surface area contributed by atoms with E-state index >= 15 is 0 Å². The van der Waals surface area contributed by atoms with Crippen molar-refractivity contribution < 1.29 is 24.2 Å². The molecule has 5 N–H and O–H groups in total. The molecule has 0 bridgehead atoms. The van der Waals surface area contributed by atoms with Crippen LogP contribution in [0.25, 0.3) is 10.9 Å². The van der Waals surface area contributed by atoms with Gasteiger partial charge in [-0.2, -0.15) is 0 Å². The van der Waals surface area contributed by atoms with Crippen LogP contribution in [-0.4, -0.2) is 56.7 Å². The Morgan fingerprint density at radius 2 is 1.95 bits per heavy atom. The van der Waals surface area contributed by atoms with Crippen molar-refractivity contribution in [2.75, 3.05) is 19.0 Å². The SMILES string of the molecule is COc1ccc2c(Nc3c(Cl)cncc3Cl)cc(=O)[nH]c2c1OCCCCC(=O)N[C@@H](Cc1c[nH]cn1)C(=O)O. The molecule has 3 aromatic heterocycles. The maximum Gasteiger partial charge on any atom is 0.326 e. The molecule has 1 aromatic carbocycles. The highest BCUT2D eigenvalue weighted by Gasteiger charge is 2.21. The lowest BCUT2D eigenvalue weighted by Gasteiger charge is -2.16. The third-order valence-electron chi connectivity index (χ3n) is 5.91. The van der Waals surface area contributed by atoms with Gasteiger partial charge in [0.15, 0.2) is 11.5 Å². The number of nitrogens with zero attached hydrogens (tertiary/aromatic N) is 2. The molecule has 3 heterocycles. The molecule has 0 aliphatic rings. The van der Waals surface area contributed by atoms with Crippen molar-refractivity contribution >= 4 is 57.4 Å². The zero-order valence-corrected chi connectivity index (χ0v) is 22.8. The van der Waals surface area contributed by atoms with Crippen LogP contribution in [0.3, 0.4) is 0 Å². The van der Waals surface area contributed by atoms with Crippen molar-refractivity contribution in [3.05, 3.63) is 69.2 Å². The summed E-state index contributed by atoms with van der Waals surface area (Å²) in [5.74, 6) is -0.805. The molecule has 0 spiro atoms. The predicted molar refractivity (Wildman–Crippen MR) is 150 cm³/mol. The van der Waals surface area contributed by atoms with Gasteiger partial charge in [-0.15, -0.1) is 0 Å². The first kappa shape index (κ1) is 28.7. The van der Waals surface area contributed by atoms with E-state index < -0.39 is 17.6 Å². The average molecular weight is 589 g/mol. The molecule has 4 rings (SSSR count). The number of benzene rings is 1. The Kier molecular flexibility index (Phi) is 9.46. The Labute approximate surface area is 238 Å². The van der Waals surface area contributed by atoms with Crippen molar-refractivity contribution in [1.29, 1.82) is 0 Å². The number of unbranched alkanes of at least 4 members (excludes halogenated alkanes) is 1. The number of hydrogen-bond donors (Lipinski definition) is 5. The van der Waals surface area contributed by atoms with Gasteiger partial charge in [-0.25, -0.2) is 9.78 Å². The monoisotopic (exact) mass is 588 g/mol. The molecule has 0 unspecified atom stereocenters. The van der Waals surface area contributed by atoms with Gasteiger partial charge in [-0.3, -0.25) is 14.6 Å². The number of rotatable bonds is 13. The Hall–Kier alpha value is -4.29. The van der Waals surface area contributed by atoms with E-state index in [1.165, 1.54) is 31.9 Å². The molecule has 4 aromatic rings. The summed E-state index contributed by atoms with van der Waals surface area (Å²) < 4.78 is 11.4. The van der Waals surface area contributed by atoms with Crippen LogP contribution in [0.2, 0.25) is 10.0 Å². The van der Waals surface area contributed by atoms with E-state index in [0.29, 0.717) is 52.3 Å². The highest BCUT2D eigenvalue weighted by Crippen LogP contribution is 2.39. The number of anilines is 2. The minimum atomic E-state index is -1.14. The minimum absolute atomic E-state index is 0.0726. The highest BCUT2D eigenvalue weighted by atomic mass is 35.5. The number of carboxylic acid groups (broad SMARTS) is 1. The molecule has 1 atom stereocenters. The summed E-state index contributed by atoms with van der Waals surface area (Å²) in [6, 6.07) is 3.76. The highest BCUT2D eigenvalue weighted by molar-refractivity contribution is 6.39. The summed E-state index contributed by atoms with van der Waals surface area (Å²) in [5.41, 5.74) is 1.38. The van der Waals surface area contributed by atoms with Crippen molar-refractivity contribution in [1.82, 2.24) is 25.3 Å². The number of aliphatic carboxylic acids is 1. The number of halogens is 2. The molecule has 40 heavy (non-hydrogen) atoms. The fourth-order valence-corrected chi connectivity index (χ4v) is 4.45. The minimum Gasteiger partial charge on any atom is -0.493 e. The third-order valence-corrected chi connectivity index (χ3v) is 6.49. The Morgan fingerprint density at radius 1 is 1.18 bits per heavy atom.